The van der Waals surface area contributed by atoms with E-state index in [-0.39, 0.29) is 17.9 Å². The van der Waals surface area contributed by atoms with Crippen LogP contribution in [0.25, 0.3) is 11.1 Å². The van der Waals surface area contributed by atoms with Crippen LogP contribution in [0.5, 0.6) is 5.75 Å². The van der Waals surface area contributed by atoms with Crippen LogP contribution in [0.4, 0.5) is 8.78 Å². The predicted octanol–water partition coefficient (Wildman–Crippen LogP) is 3.84. The molecule has 0 N–H and O–H groups in total. The summed E-state index contributed by atoms with van der Waals surface area (Å²) in [5, 5.41) is 0. The minimum Gasteiger partial charge on any atom is -0.491 e. The van der Waals surface area contributed by atoms with E-state index in [0.29, 0.717) is 17.4 Å². The molecule has 19 heavy (non-hydrogen) atoms. The molecule has 2 rings (SSSR count). The summed E-state index contributed by atoms with van der Waals surface area (Å²) in [6, 6.07) is 9.10. The van der Waals surface area contributed by atoms with Gasteiger partial charge in [0, 0.05) is 11.1 Å². The standard InChI is InChI=1S/C15H12F2O2/c1-2-19-13-8-7-12(14(16)15(13)17)11-5-3-10(9-18)4-6-11/h3-9H,2H2,1H3. The number of carbonyl (C=O) groups excluding carboxylic acids is 1. The lowest BCUT2D eigenvalue weighted by atomic mass is 10.0. The smallest absolute Gasteiger partial charge is 0.201 e. The summed E-state index contributed by atoms with van der Waals surface area (Å²) in [6.45, 7) is 1.97. The van der Waals surface area contributed by atoms with Crippen LogP contribution in [-0.2, 0) is 0 Å². The van der Waals surface area contributed by atoms with Gasteiger partial charge in [0.05, 0.1) is 6.61 Å². The van der Waals surface area contributed by atoms with Crippen molar-refractivity contribution in [2.24, 2.45) is 0 Å². The second-order valence-corrected chi connectivity index (χ2v) is 3.91. The Morgan fingerprint density at radius 1 is 1.05 bits per heavy atom. The largest absolute Gasteiger partial charge is 0.491 e. The number of benzene rings is 2. The van der Waals surface area contributed by atoms with Gasteiger partial charge in [0.1, 0.15) is 6.29 Å². The highest BCUT2D eigenvalue weighted by molar-refractivity contribution is 5.77. The normalized spacial score (nSPS) is 10.3. The van der Waals surface area contributed by atoms with Crippen molar-refractivity contribution in [3.8, 4) is 16.9 Å². The van der Waals surface area contributed by atoms with Crippen molar-refractivity contribution >= 4 is 6.29 Å². The molecule has 2 nitrogen and oxygen atoms in total. The Bertz CT molecular complexity index is 592. The monoisotopic (exact) mass is 262 g/mol. The first-order chi connectivity index (χ1) is 9.17. The van der Waals surface area contributed by atoms with E-state index in [1.165, 1.54) is 12.1 Å². The molecule has 0 spiro atoms. The van der Waals surface area contributed by atoms with E-state index in [9.17, 15) is 13.6 Å². The maximum atomic E-state index is 13.9. The van der Waals surface area contributed by atoms with Gasteiger partial charge in [0.25, 0.3) is 0 Å². The van der Waals surface area contributed by atoms with Crippen LogP contribution in [0.1, 0.15) is 17.3 Å². The van der Waals surface area contributed by atoms with Crippen molar-refractivity contribution in [2.75, 3.05) is 6.61 Å². The molecule has 0 saturated heterocycles. The molecule has 2 aromatic carbocycles. The summed E-state index contributed by atoms with van der Waals surface area (Å²) in [4.78, 5) is 10.5. The van der Waals surface area contributed by atoms with Crippen molar-refractivity contribution in [1.82, 2.24) is 0 Å². The lowest BCUT2D eigenvalue weighted by Gasteiger charge is -2.09. The Morgan fingerprint density at radius 2 is 1.74 bits per heavy atom. The van der Waals surface area contributed by atoms with Crippen molar-refractivity contribution in [3.05, 3.63) is 53.6 Å². The lowest BCUT2D eigenvalue weighted by molar-refractivity contribution is 0.112. The molecule has 4 heteroatoms. The third-order valence-corrected chi connectivity index (χ3v) is 2.70. The van der Waals surface area contributed by atoms with Gasteiger partial charge in [-0.1, -0.05) is 24.3 Å². The quantitative estimate of drug-likeness (QED) is 0.782. The van der Waals surface area contributed by atoms with Crippen LogP contribution >= 0.6 is 0 Å². The van der Waals surface area contributed by atoms with Gasteiger partial charge in [-0.25, -0.2) is 4.39 Å². The van der Waals surface area contributed by atoms with Gasteiger partial charge in [-0.05, 0) is 24.6 Å². The molecule has 0 atom stereocenters. The first kappa shape index (κ1) is 13.2. The Balaban J connectivity index is 2.44. The van der Waals surface area contributed by atoms with Gasteiger partial charge in [-0.2, -0.15) is 4.39 Å². The van der Waals surface area contributed by atoms with E-state index in [2.05, 4.69) is 0 Å². The Kier molecular flexibility index (Phi) is 3.90. The number of ether oxygens (including phenoxy) is 1. The van der Waals surface area contributed by atoms with E-state index in [0.717, 1.165) is 0 Å². The zero-order valence-electron chi connectivity index (χ0n) is 10.3. The number of aldehydes is 1. The van der Waals surface area contributed by atoms with E-state index in [1.807, 2.05) is 0 Å². The minimum absolute atomic E-state index is 0.103. The molecule has 0 radical (unpaired) electrons. The molecule has 98 valence electrons. The summed E-state index contributed by atoms with van der Waals surface area (Å²) in [5.41, 5.74) is 1.12. The average Bonchev–Trinajstić information content (AvgIpc) is 2.45. The number of rotatable bonds is 4. The van der Waals surface area contributed by atoms with Gasteiger partial charge in [-0.15, -0.1) is 0 Å². The fraction of sp³-hybridized carbons (Fsp3) is 0.133. The maximum absolute atomic E-state index is 13.9. The van der Waals surface area contributed by atoms with Crippen LogP contribution in [0.15, 0.2) is 36.4 Å². The number of hydrogen-bond donors (Lipinski definition) is 0. The molecule has 0 aliphatic carbocycles. The Hall–Kier alpha value is -2.23. The molecular formula is C15H12F2O2. The maximum Gasteiger partial charge on any atom is 0.201 e. The molecule has 0 amide bonds. The molecule has 0 fully saturated rings. The fourth-order valence-corrected chi connectivity index (χ4v) is 1.76. The third-order valence-electron chi connectivity index (χ3n) is 2.70. The van der Waals surface area contributed by atoms with Crippen molar-refractivity contribution in [3.63, 3.8) is 0 Å². The van der Waals surface area contributed by atoms with Crippen LogP contribution in [0.2, 0.25) is 0 Å². The molecular weight excluding hydrogens is 250 g/mol. The van der Waals surface area contributed by atoms with Crippen LogP contribution in [-0.4, -0.2) is 12.9 Å². The molecule has 0 aliphatic heterocycles. The molecule has 0 bridgehead atoms. The summed E-state index contributed by atoms with van der Waals surface area (Å²) in [5.74, 6) is -2.06. The minimum atomic E-state index is -1.00. The average molecular weight is 262 g/mol. The molecule has 2 aromatic rings. The highest BCUT2D eigenvalue weighted by Crippen LogP contribution is 2.29. The second-order valence-electron chi connectivity index (χ2n) is 3.91. The Labute approximate surface area is 109 Å². The zero-order valence-corrected chi connectivity index (χ0v) is 10.3. The fourth-order valence-electron chi connectivity index (χ4n) is 1.76. The topological polar surface area (TPSA) is 26.3 Å². The molecule has 0 unspecified atom stereocenters. The van der Waals surface area contributed by atoms with Crippen molar-refractivity contribution in [1.29, 1.82) is 0 Å². The van der Waals surface area contributed by atoms with Crippen LogP contribution in [0, 0.1) is 11.6 Å². The third kappa shape index (κ3) is 2.62. The lowest BCUT2D eigenvalue weighted by Crippen LogP contribution is -1.98. The number of carbonyl (C=O) groups is 1. The van der Waals surface area contributed by atoms with E-state index in [1.54, 1.807) is 31.2 Å². The summed E-state index contributed by atoms with van der Waals surface area (Å²) in [7, 11) is 0. The van der Waals surface area contributed by atoms with Crippen molar-refractivity contribution in [2.45, 2.75) is 6.92 Å². The number of hydrogen-bond acceptors (Lipinski definition) is 2. The van der Waals surface area contributed by atoms with Gasteiger partial charge >= 0.3 is 0 Å². The summed E-state index contributed by atoms with van der Waals surface area (Å²) < 4.78 is 32.6. The summed E-state index contributed by atoms with van der Waals surface area (Å²) >= 11 is 0. The number of halogens is 2. The highest BCUT2D eigenvalue weighted by atomic mass is 19.2. The van der Waals surface area contributed by atoms with E-state index >= 15 is 0 Å². The van der Waals surface area contributed by atoms with Gasteiger partial charge in [-0.3, -0.25) is 4.79 Å². The first-order valence-electron chi connectivity index (χ1n) is 5.83. The summed E-state index contributed by atoms with van der Waals surface area (Å²) in [6.07, 6.45) is 0.693. The van der Waals surface area contributed by atoms with E-state index < -0.39 is 11.6 Å². The van der Waals surface area contributed by atoms with Crippen molar-refractivity contribution < 1.29 is 18.3 Å². The molecule has 0 aliphatic rings. The SMILES string of the molecule is CCOc1ccc(-c2ccc(C=O)cc2)c(F)c1F. The van der Waals surface area contributed by atoms with Crippen LogP contribution in [0.3, 0.4) is 0 Å². The van der Waals surface area contributed by atoms with Crippen LogP contribution < -0.4 is 4.74 Å². The van der Waals surface area contributed by atoms with Gasteiger partial charge in [0.15, 0.2) is 11.6 Å². The predicted molar refractivity (Wildman–Crippen MR) is 68.4 cm³/mol. The molecule has 0 heterocycles. The van der Waals surface area contributed by atoms with E-state index in [4.69, 9.17) is 4.74 Å². The highest BCUT2D eigenvalue weighted by Gasteiger charge is 2.15. The van der Waals surface area contributed by atoms with Gasteiger partial charge < -0.3 is 4.74 Å². The molecule has 0 aromatic heterocycles. The Morgan fingerprint density at radius 3 is 2.32 bits per heavy atom. The zero-order chi connectivity index (χ0) is 13.8. The van der Waals surface area contributed by atoms with Gasteiger partial charge in [0.2, 0.25) is 5.82 Å². The molecule has 0 saturated carbocycles. The first-order valence-corrected chi connectivity index (χ1v) is 5.83. The second kappa shape index (κ2) is 5.61.